The van der Waals surface area contributed by atoms with Crippen molar-refractivity contribution in [3.63, 3.8) is 0 Å². The Balaban J connectivity index is 2.69. The third-order valence-corrected chi connectivity index (χ3v) is 2.75. The zero-order chi connectivity index (χ0) is 9.68. The molecule has 0 aliphatic rings. The summed E-state index contributed by atoms with van der Waals surface area (Å²) < 4.78 is 0. The van der Waals surface area contributed by atoms with E-state index in [0.717, 1.165) is 17.9 Å². The Morgan fingerprint density at radius 2 is 2.23 bits per heavy atom. The van der Waals surface area contributed by atoms with Crippen molar-refractivity contribution < 1.29 is 0 Å². The van der Waals surface area contributed by atoms with Crippen molar-refractivity contribution in [1.29, 1.82) is 0 Å². The lowest BCUT2D eigenvalue weighted by molar-refractivity contribution is 0.674. The first-order valence-corrected chi connectivity index (χ1v) is 5.60. The fourth-order valence-electron chi connectivity index (χ4n) is 1.07. The van der Waals surface area contributed by atoms with E-state index in [0.29, 0.717) is 0 Å². The fourth-order valence-corrected chi connectivity index (χ4v) is 1.70. The number of nitrogens with two attached hydrogens (primary N) is 1. The van der Waals surface area contributed by atoms with Crippen molar-refractivity contribution in [3.8, 4) is 0 Å². The van der Waals surface area contributed by atoms with Crippen LogP contribution in [0.3, 0.4) is 0 Å². The molecule has 0 amide bonds. The molecular weight excluding hydrogens is 180 g/mol. The molecule has 72 valence electrons. The monoisotopic (exact) mass is 196 g/mol. The SMILES string of the molecule is CCSc1ccc([C@@H](N)CC)nc1. The standard InChI is InChI=1S/C10H16N2S/c1-3-9(11)10-6-5-8(7-12-10)13-4-2/h5-7,9H,3-4,11H2,1-2H3/t9-/m0/s1. The van der Waals surface area contributed by atoms with Gasteiger partial charge in [-0.25, -0.2) is 0 Å². The molecule has 0 aliphatic carbocycles. The Kier molecular flexibility index (Phi) is 4.25. The van der Waals surface area contributed by atoms with E-state index in [9.17, 15) is 0 Å². The zero-order valence-electron chi connectivity index (χ0n) is 8.16. The molecule has 0 spiro atoms. The van der Waals surface area contributed by atoms with Crippen LogP contribution in [0.2, 0.25) is 0 Å². The Labute approximate surface area is 83.9 Å². The molecule has 3 heteroatoms. The first kappa shape index (κ1) is 10.5. The average molecular weight is 196 g/mol. The molecular formula is C10H16N2S. The first-order chi connectivity index (χ1) is 6.27. The van der Waals surface area contributed by atoms with Crippen LogP contribution in [0.25, 0.3) is 0 Å². The lowest BCUT2D eigenvalue weighted by Crippen LogP contribution is -2.10. The highest BCUT2D eigenvalue weighted by Gasteiger charge is 2.03. The van der Waals surface area contributed by atoms with E-state index < -0.39 is 0 Å². The number of rotatable bonds is 4. The Bertz CT molecular complexity index is 246. The van der Waals surface area contributed by atoms with E-state index in [4.69, 9.17) is 5.73 Å². The van der Waals surface area contributed by atoms with Gasteiger partial charge < -0.3 is 5.73 Å². The van der Waals surface area contributed by atoms with Gasteiger partial charge in [0.25, 0.3) is 0 Å². The molecule has 0 aliphatic heterocycles. The first-order valence-electron chi connectivity index (χ1n) is 4.62. The maximum Gasteiger partial charge on any atom is 0.0571 e. The van der Waals surface area contributed by atoms with Gasteiger partial charge in [0.1, 0.15) is 0 Å². The molecule has 0 aromatic carbocycles. The summed E-state index contributed by atoms with van der Waals surface area (Å²) in [5.41, 5.74) is 6.84. The molecule has 1 aromatic rings. The molecule has 1 atom stereocenters. The maximum absolute atomic E-state index is 5.85. The molecule has 1 heterocycles. The van der Waals surface area contributed by atoms with Crippen LogP contribution < -0.4 is 5.73 Å². The normalized spacial score (nSPS) is 12.8. The van der Waals surface area contributed by atoms with Gasteiger partial charge >= 0.3 is 0 Å². The molecule has 2 nitrogen and oxygen atoms in total. The minimum absolute atomic E-state index is 0.0840. The van der Waals surface area contributed by atoms with Crippen molar-refractivity contribution >= 4 is 11.8 Å². The second-order valence-corrected chi connectivity index (χ2v) is 4.20. The van der Waals surface area contributed by atoms with Crippen LogP contribution in [-0.4, -0.2) is 10.7 Å². The summed E-state index contributed by atoms with van der Waals surface area (Å²) in [6.07, 6.45) is 2.84. The number of hydrogen-bond acceptors (Lipinski definition) is 3. The van der Waals surface area contributed by atoms with Crippen LogP contribution in [0.1, 0.15) is 32.0 Å². The van der Waals surface area contributed by atoms with Gasteiger partial charge in [0.05, 0.1) is 5.69 Å². The van der Waals surface area contributed by atoms with Crippen molar-refractivity contribution in [2.24, 2.45) is 5.73 Å². The second-order valence-electron chi connectivity index (χ2n) is 2.87. The summed E-state index contributed by atoms with van der Waals surface area (Å²) in [6.45, 7) is 4.21. The molecule has 0 saturated carbocycles. The summed E-state index contributed by atoms with van der Waals surface area (Å²) in [5, 5.41) is 0. The van der Waals surface area contributed by atoms with Crippen LogP contribution in [0.15, 0.2) is 23.2 Å². The largest absolute Gasteiger partial charge is 0.323 e. The van der Waals surface area contributed by atoms with Gasteiger partial charge in [0.2, 0.25) is 0 Å². The van der Waals surface area contributed by atoms with E-state index in [1.807, 2.05) is 12.3 Å². The van der Waals surface area contributed by atoms with Crippen molar-refractivity contribution in [2.75, 3.05) is 5.75 Å². The molecule has 13 heavy (non-hydrogen) atoms. The highest BCUT2D eigenvalue weighted by molar-refractivity contribution is 7.99. The lowest BCUT2D eigenvalue weighted by Gasteiger charge is -2.07. The van der Waals surface area contributed by atoms with Crippen molar-refractivity contribution in [1.82, 2.24) is 4.98 Å². The highest BCUT2D eigenvalue weighted by Crippen LogP contribution is 2.18. The molecule has 1 aromatic heterocycles. The van der Waals surface area contributed by atoms with Crippen LogP contribution in [0.5, 0.6) is 0 Å². The third-order valence-electron chi connectivity index (χ3n) is 1.89. The van der Waals surface area contributed by atoms with Crippen molar-refractivity contribution in [2.45, 2.75) is 31.2 Å². The molecule has 0 radical (unpaired) electrons. The summed E-state index contributed by atoms with van der Waals surface area (Å²) in [7, 11) is 0. The van der Waals surface area contributed by atoms with E-state index in [1.54, 1.807) is 11.8 Å². The Hall–Kier alpha value is -0.540. The van der Waals surface area contributed by atoms with Gasteiger partial charge in [-0.05, 0) is 24.3 Å². The average Bonchev–Trinajstić information content (AvgIpc) is 2.18. The topological polar surface area (TPSA) is 38.9 Å². The lowest BCUT2D eigenvalue weighted by atomic mass is 10.1. The summed E-state index contributed by atoms with van der Waals surface area (Å²) >= 11 is 1.80. The fraction of sp³-hybridized carbons (Fsp3) is 0.500. The summed E-state index contributed by atoms with van der Waals surface area (Å²) in [6, 6.07) is 4.19. The van der Waals surface area contributed by atoms with E-state index in [1.165, 1.54) is 4.90 Å². The highest BCUT2D eigenvalue weighted by atomic mass is 32.2. The van der Waals surface area contributed by atoms with Gasteiger partial charge in [-0.3, -0.25) is 4.98 Å². The smallest absolute Gasteiger partial charge is 0.0571 e. The quantitative estimate of drug-likeness (QED) is 0.752. The zero-order valence-corrected chi connectivity index (χ0v) is 8.97. The predicted octanol–water partition coefficient (Wildman–Crippen LogP) is 2.60. The van der Waals surface area contributed by atoms with Crippen molar-refractivity contribution in [3.05, 3.63) is 24.0 Å². The number of hydrogen-bond donors (Lipinski definition) is 1. The van der Waals surface area contributed by atoms with Crippen LogP contribution >= 0.6 is 11.8 Å². The van der Waals surface area contributed by atoms with E-state index >= 15 is 0 Å². The van der Waals surface area contributed by atoms with Gasteiger partial charge in [0.15, 0.2) is 0 Å². The van der Waals surface area contributed by atoms with Gasteiger partial charge in [-0.1, -0.05) is 13.8 Å². The van der Waals surface area contributed by atoms with E-state index in [2.05, 4.69) is 24.9 Å². The Morgan fingerprint density at radius 1 is 1.46 bits per heavy atom. The Morgan fingerprint density at radius 3 is 2.69 bits per heavy atom. The third kappa shape index (κ3) is 3.01. The maximum atomic E-state index is 5.85. The second kappa shape index (κ2) is 5.25. The molecule has 0 bridgehead atoms. The van der Waals surface area contributed by atoms with Crippen LogP contribution in [0.4, 0.5) is 0 Å². The number of aromatic nitrogens is 1. The molecule has 1 rings (SSSR count). The number of pyridine rings is 1. The number of nitrogens with zero attached hydrogens (tertiary/aromatic N) is 1. The molecule has 0 unspecified atom stereocenters. The minimum atomic E-state index is 0.0840. The minimum Gasteiger partial charge on any atom is -0.323 e. The summed E-state index contributed by atoms with van der Waals surface area (Å²) in [4.78, 5) is 5.54. The molecule has 2 N–H and O–H groups in total. The summed E-state index contributed by atoms with van der Waals surface area (Å²) in [5.74, 6) is 1.08. The van der Waals surface area contributed by atoms with Crippen LogP contribution in [0, 0.1) is 0 Å². The number of thioether (sulfide) groups is 1. The van der Waals surface area contributed by atoms with Gasteiger partial charge in [-0.15, -0.1) is 11.8 Å². The molecule has 0 fully saturated rings. The predicted molar refractivity (Wildman–Crippen MR) is 57.9 cm³/mol. The van der Waals surface area contributed by atoms with Crippen LogP contribution in [-0.2, 0) is 0 Å². The van der Waals surface area contributed by atoms with Gasteiger partial charge in [0, 0.05) is 17.1 Å². The van der Waals surface area contributed by atoms with Gasteiger partial charge in [-0.2, -0.15) is 0 Å². The van der Waals surface area contributed by atoms with E-state index in [-0.39, 0.29) is 6.04 Å². The molecule has 0 saturated heterocycles.